The van der Waals surface area contributed by atoms with Crippen molar-refractivity contribution in [2.45, 2.75) is 32.4 Å². The minimum Gasteiger partial charge on any atom is -0.382 e. The molecule has 0 aromatic rings. The lowest BCUT2D eigenvalue weighted by molar-refractivity contribution is 0.572. The highest BCUT2D eigenvalue weighted by molar-refractivity contribution is 5.34. The monoisotopic (exact) mass is 190 g/mol. The van der Waals surface area contributed by atoms with Crippen LogP contribution < -0.4 is 11.1 Å². The van der Waals surface area contributed by atoms with Crippen molar-refractivity contribution in [1.82, 2.24) is 5.32 Å². The van der Waals surface area contributed by atoms with Crippen LogP contribution in [-0.4, -0.2) is 12.1 Å². The molecule has 0 radical (unpaired) electrons. The average molecular weight is 190 g/mol. The van der Waals surface area contributed by atoms with Crippen molar-refractivity contribution in [2.75, 3.05) is 0 Å². The topological polar surface area (TPSA) is 38.0 Å². The molecule has 2 heteroatoms. The Morgan fingerprint density at radius 1 is 1.57 bits per heavy atom. The van der Waals surface area contributed by atoms with Crippen molar-refractivity contribution in [3.8, 4) is 0 Å². The third kappa shape index (κ3) is 1.75. The summed E-state index contributed by atoms with van der Waals surface area (Å²) in [6.07, 6.45) is 9.88. The van der Waals surface area contributed by atoms with Gasteiger partial charge in [0.1, 0.15) is 0 Å². The van der Waals surface area contributed by atoms with Crippen LogP contribution in [0.2, 0.25) is 0 Å². The van der Waals surface area contributed by atoms with Crippen molar-refractivity contribution in [3.05, 3.63) is 35.6 Å². The molecule has 1 aliphatic heterocycles. The van der Waals surface area contributed by atoms with Gasteiger partial charge in [-0.2, -0.15) is 0 Å². The van der Waals surface area contributed by atoms with Crippen LogP contribution >= 0.6 is 0 Å². The van der Waals surface area contributed by atoms with Crippen LogP contribution in [0.4, 0.5) is 0 Å². The number of hydrogen-bond acceptors (Lipinski definition) is 2. The predicted molar refractivity (Wildman–Crippen MR) is 59.7 cm³/mol. The lowest BCUT2D eigenvalue weighted by Crippen LogP contribution is -2.30. The molecule has 2 aliphatic rings. The maximum absolute atomic E-state index is 5.83. The Bertz CT molecular complexity index is 310. The van der Waals surface area contributed by atoms with E-state index >= 15 is 0 Å². The fourth-order valence-corrected chi connectivity index (χ4v) is 2.27. The molecule has 2 rings (SSSR count). The van der Waals surface area contributed by atoms with Crippen LogP contribution in [0.5, 0.6) is 0 Å². The van der Waals surface area contributed by atoms with E-state index in [2.05, 4.69) is 43.5 Å². The molecule has 3 unspecified atom stereocenters. The summed E-state index contributed by atoms with van der Waals surface area (Å²) in [5, 5.41) is 3.45. The van der Waals surface area contributed by atoms with Gasteiger partial charge in [0.05, 0.1) is 6.04 Å². The third-order valence-electron chi connectivity index (χ3n) is 2.83. The van der Waals surface area contributed by atoms with Gasteiger partial charge >= 0.3 is 0 Å². The molecule has 0 amide bonds. The molecule has 0 bridgehead atoms. The summed E-state index contributed by atoms with van der Waals surface area (Å²) in [6, 6.07) is 0.719. The molecule has 0 saturated heterocycles. The van der Waals surface area contributed by atoms with E-state index in [1.807, 2.05) is 0 Å². The van der Waals surface area contributed by atoms with Crippen LogP contribution in [0, 0.1) is 5.92 Å². The second-order valence-electron chi connectivity index (χ2n) is 4.35. The van der Waals surface area contributed by atoms with E-state index in [0.29, 0.717) is 12.0 Å². The van der Waals surface area contributed by atoms with Gasteiger partial charge in [-0.3, -0.25) is 0 Å². The highest BCUT2D eigenvalue weighted by Gasteiger charge is 2.27. The van der Waals surface area contributed by atoms with Crippen molar-refractivity contribution in [3.63, 3.8) is 0 Å². The van der Waals surface area contributed by atoms with Gasteiger partial charge in [0.25, 0.3) is 0 Å². The Morgan fingerprint density at radius 2 is 2.36 bits per heavy atom. The van der Waals surface area contributed by atoms with Crippen molar-refractivity contribution < 1.29 is 0 Å². The summed E-state index contributed by atoms with van der Waals surface area (Å²) in [6.45, 7) is 4.18. The quantitative estimate of drug-likeness (QED) is 0.695. The van der Waals surface area contributed by atoms with Gasteiger partial charge in [-0.1, -0.05) is 29.9 Å². The second kappa shape index (κ2) is 3.62. The minimum absolute atomic E-state index is 0.253. The van der Waals surface area contributed by atoms with Crippen molar-refractivity contribution >= 4 is 0 Å². The molecule has 2 nitrogen and oxygen atoms in total. The maximum atomic E-state index is 5.83. The molecule has 0 aromatic carbocycles. The molecular formula is C12H18N2. The van der Waals surface area contributed by atoms with Crippen LogP contribution in [0.15, 0.2) is 35.6 Å². The largest absolute Gasteiger partial charge is 0.382 e. The zero-order valence-electron chi connectivity index (χ0n) is 8.83. The van der Waals surface area contributed by atoms with Gasteiger partial charge in [-0.15, -0.1) is 0 Å². The van der Waals surface area contributed by atoms with E-state index in [-0.39, 0.29) is 6.04 Å². The van der Waals surface area contributed by atoms with Gasteiger partial charge in [-0.05, 0) is 20.3 Å². The molecule has 0 saturated carbocycles. The molecule has 1 heterocycles. The first-order valence-electron chi connectivity index (χ1n) is 5.24. The van der Waals surface area contributed by atoms with Gasteiger partial charge in [0.2, 0.25) is 0 Å². The van der Waals surface area contributed by atoms with Gasteiger partial charge < -0.3 is 11.1 Å². The first-order chi connectivity index (χ1) is 6.66. The van der Waals surface area contributed by atoms with E-state index in [1.165, 1.54) is 11.3 Å². The van der Waals surface area contributed by atoms with Crippen LogP contribution in [0.25, 0.3) is 0 Å². The molecule has 3 atom stereocenters. The molecule has 3 N–H and O–H groups in total. The highest BCUT2D eigenvalue weighted by Crippen LogP contribution is 2.30. The van der Waals surface area contributed by atoms with Crippen LogP contribution in [0.1, 0.15) is 20.3 Å². The number of fused-ring (bicyclic) bond motifs is 1. The lowest BCUT2D eigenvalue weighted by atomic mass is 9.86. The molecule has 1 aliphatic carbocycles. The molecule has 0 fully saturated rings. The molecule has 14 heavy (non-hydrogen) atoms. The number of allylic oxidation sites excluding steroid dienone is 3. The molecular weight excluding hydrogens is 172 g/mol. The Labute approximate surface area is 85.6 Å². The standard InChI is InChI=1S/C12H18N2/c1-8(13)6-10-4-3-5-12-11(10)7-9(2)14-12/h3-5,7-8,11-12,14H,6,13H2,1-2H3. The predicted octanol–water partition coefficient (Wildman–Crippen LogP) is 1.71. The fourth-order valence-electron chi connectivity index (χ4n) is 2.27. The first kappa shape index (κ1) is 9.53. The van der Waals surface area contributed by atoms with Crippen molar-refractivity contribution in [1.29, 1.82) is 0 Å². The van der Waals surface area contributed by atoms with E-state index in [0.717, 1.165) is 6.42 Å². The fraction of sp³-hybridized carbons (Fsp3) is 0.500. The van der Waals surface area contributed by atoms with E-state index in [1.54, 1.807) is 0 Å². The van der Waals surface area contributed by atoms with E-state index < -0.39 is 0 Å². The molecule has 76 valence electrons. The Morgan fingerprint density at radius 3 is 3.07 bits per heavy atom. The van der Waals surface area contributed by atoms with Gasteiger partial charge in [0.15, 0.2) is 0 Å². The second-order valence-corrected chi connectivity index (χ2v) is 4.35. The number of nitrogens with two attached hydrogens (primary N) is 1. The van der Waals surface area contributed by atoms with Crippen molar-refractivity contribution in [2.24, 2.45) is 11.7 Å². The zero-order chi connectivity index (χ0) is 10.1. The summed E-state index contributed by atoms with van der Waals surface area (Å²) in [5.74, 6) is 0.533. The summed E-state index contributed by atoms with van der Waals surface area (Å²) in [5.41, 5.74) is 8.57. The number of rotatable bonds is 2. The Balaban J connectivity index is 2.16. The summed E-state index contributed by atoms with van der Waals surface area (Å²) >= 11 is 0. The Kier molecular flexibility index (Phi) is 2.46. The van der Waals surface area contributed by atoms with Gasteiger partial charge in [-0.25, -0.2) is 0 Å². The third-order valence-corrected chi connectivity index (χ3v) is 2.83. The minimum atomic E-state index is 0.253. The van der Waals surface area contributed by atoms with E-state index in [4.69, 9.17) is 5.73 Å². The van der Waals surface area contributed by atoms with Crippen LogP contribution in [0.3, 0.4) is 0 Å². The van der Waals surface area contributed by atoms with Gasteiger partial charge in [0, 0.05) is 17.7 Å². The number of hydrogen-bond donors (Lipinski definition) is 2. The zero-order valence-corrected chi connectivity index (χ0v) is 8.83. The summed E-state index contributed by atoms with van der Waals surface area (Å²) in [7, 11) is 0. The SMILES string of the molecule is CC1=CC2C(CC(C)N)=CC=CC2N1. The summed E-state index contributed by atoms with van der Waals surface area (Å²) in [4.78, 5) is 0. The smallest absolute Gasteiger partial charge is 0.0545 e. The first-order valence-corrected chi connectivity index (χ1v) is 5.24. The maximum Gasteiger partial charge on any atom is 0.0545 e. The van der Waals surface area contributed by atoms with E-state index in [9.17, 15) is 0 Å². The average Bonchev–Trinajstić information content (AvgIpc) is 2.45. The Hall–Kier alpha value is -1.02. The normalized spacial score (nSPS) is 31.6. The molecule has 0 spiro atoms. The highest BCUT2D eigenvalue weighted by atomic mass is 15.0. The lowest BCUT2D eigenvalue weighted by Gasteiger charge is -2.24. The number of nitrogens with one attached hydrogen (secondary N) is 1. The molecule has 0 aromatic heterocycles. The summed E-state index contributed by atoms with van der Waals surface area (Å²) < 4.78 is 0. The van der Waals surface area contributed by atoms with Crippen LogP contribution in [-0.2, 0) is 0 Å².